The number of fused-ring (bicyclic) bond motifs is 1. The third kappa shape index (κ3) is 3.39. The lowest BCUT2D eigenvalue weighted by atomic mass is 10.2. The van der Waals surface area contributed by atoms with Crippen molar-refractivity contribution < 1.29 is 17.6 Å². The summed E-state index contributed by atoms with van der Waals surface area (Å²) >= 11 is 11.9. The van der Waals surface area contributed by atoms with Crippen LogP contribution in [0.5, 0.6) is 0 Å². The monoisotopic (exact) mass is 384 g/mol. The number of rotatable bonds is 4. The predicted molar refractivity (Wildman–Crippen MR) is 90.5 cm³/mol. The van der Waals surface area contributed by atoms with Gasteiger partial charge in [0.2, 0.25) is 0 Å². The van der Waals surface area contributed by atoms with Crippen LogP contribution in [0, 0.1) is 0 Å². The highest BCUT2D eigenvalue weighted by molar-refractivity contribution is 7.89. The number of hydrogen-bond acceptors (Lipinski definition) is 4. The number of furan rings is 1. The van der Waals surface area contributed by atoms with E-state index < -0.39 is 15.9 Å². The lowest BCUT2D eigenvalue weighted by Crippen LogP contribution is -2.41. The molecule has 0 aliphatic heterocycles. The van der Waals surface area contributed by atoms with Gasteiger partial charge in [-0.1, -0.05) is 41.4 Å². The Morgan fingerprint density at radius 1 is 1.04 bits per heavy atom. The standard InChI is InChI=1S/C15H10Cl2N2O4S/c16-10-6-9-7-13(23-14(9)12(17)8-10)15(20)18-19-24(21,22)11-4-2-1-3-5-11/h1-8,19H,(H,18,20). The highest BCUT2D eigenvalue weighted by Crippen LogP contribution is 2.30. The summed E-state index contributed by atoms with van der Waals surface area (Å²) in [5.41, 5.74) is 2.38. The average Bonchev–Trinajstić information content (AvgIpc) is 2.98. The fourth-order valence-electron chi connectivity index (χ4n) is 2.02. The van der Waals surface area contributed by atoms with Gasteiger partial charge in [0.15, 0.2) is 11.3 Å². The number of nitrogens with one attached hydrogen (secondary N) is 2. The number of carbonyl (C=O) groups is 1. The van der Waals surface area contributed by atoms with Crippen LogP contribution < -0.4 is 10.3 Å². The number of benzene rings is 2. The van der Waals surface area contributed by atoms with Crippen molar-refractivity contribution in [3.63, 3.8) is 0 Å². The van der Waals surface area contributed by atoms with Crippen LogP contribution >= 0.6 is 23.2 Å². The van der Waals surface area contributed by atoms with Crippen molar-refractivity contribution in [3.8, 4) is 0 Å². The molecule has 0 aliphatic carbocycles. The third-order valence-electron chi connectivity index (χ3n) is 3.11. The summed E-state index contributed by atoms with van der Waals surface area (Å²) in [6, 6.07) is 12.1. The summed E-state index contributed by atoms with van der Waals surface area (Å²) < 4.78 is 29.4. The fourth-order valence-corrected chi connectivity index (χ4v) is 3.43. The van der Waals surface area contributed by atoms with Gasteiger partial charge in [0.25, 0.3) is 10.0 Å². The zero-order valence-corrected chi connectivity index (χ0v) is 14.2. The van der Waals surface area contributed by atoms with Gasteiger partial charge in [0, 0.05) is 10.4 Å². The molecule has 2 aromatic carbocycles. The Balaban J connectivity index is 1.80. The number of amides is 1. The fraction of sp³-hybridized carbons (Fsp3) is 0. The summed E-state index contributed by atoms with van der Waals surface area (Å²) in [6.07, 6.45) is 0. The maximum atomic E-state index is 12.1. The molecule has 2 N–H and O–H groups in total. The van der Waals surface area contributed by atoms with Crippen molar-refractivity contribution in [2.24, 2.45) is 0 Å². The highest BCUT2D eigenvalue weighted by Gasteiger charge is 2.18. The molecule has 0 unspecified atom stereocenters. The zero-order valence-electron chi connectivity index (χ0n) is 11.9. The van der Waals surface area contributed by atoms with E-state index in [0.717, 1.165) is 0 Å². The molecule has 1 amide bonds. The topological polar surface area (TPSA) is 88.4 Å². The Bertz CT molecular complexity index is 1020. The number of hydrazine groups is 1. The third-order valence-corrected chi connectivity index (χ3v) is 4.87. The second kappa shape index (κ2) is 6.45. The molecular weight excluding hydrogens is 375 g/mol. The van der Waals surface area contributed by atoms with E-state index in [1.54, 1.807) is 24.3 Å². The smallest absolute Gasteiger partial charge is 0.301 e. The number of sulfonamides is 1. The molecule has 24 heavy (non-hydrogen) atoms. The minimum Gasteiger partial charge on any atom is -0.449 e. The van der Waals surface area contributed by atoms with E-state index in [9.17, 15) is 13.2 Å². The van der Waals surface area contributed by atoms with Gasteiger partial charge in [0.05, 0.1) is 9.92 Å². The van der Waals surface area contributed by atoms with Crippen LogP contribution in [0.15, 0.2) is 57.8 Å². The van der Waals surface area contributed by atoms with E-state index in [4.69, 9.17) is 27.6 Å². The molecule has 6 nitrogen and oxygen atoms in total. The molecule has 9 heteroatoms. The van der Waals surface area contributed by atoms with E-state index in [1.165, 1.54) is 24.3 Å². The van der Waals surface area contributed by atoms with Gasteiger partial charge in [-0.15, -0.1) is 4.83 Å². The first-order chi connectivity index (χ1) is 11.4. The van der Waals surface area contributed by atoms with Crippen LogP contribution in [-0.4, -0.2) is 14.3 Å². The summed E-state index contributed by atoms with van der Waals surface area (Å²) in [4.78, 5) is 14.1. The van der Waals surface area contributed by atoms with Gasteiger partial charge in [-0.05, 0) is 30.3 Å². The SMILES string of the molecule is O=C(NNS(=O)(=O)c1ccccc1)c1cc2cc(Cl)cc(Cl)c2o1. The molecule has 0 saturated heterocycles. The largest absolute Gasteiger partial charge is 0.449 e. The van der Waals surface area contributed by atoms with E-state index >= 15 is 0 Å². The molecule has 0 spiro atoms. The van der Waals surface area contributed by atoms with Gasteiger partial charge >= 0.3 is 5.91 Å². The zero-order chi connectivity index (χ0) is 17.3. The maximum absolute atomic E-state index is 12.1. The molecule has 0 atom stereocenters. The summed E-state index contributed by atoms with van der Waals surface area (Å²) in [5, 5.41) is 1.18. The summed E-state index contributed by atoms with van der Waals surface area (Å²) in [5.74, 6) is -0.872. The second-order valence-electron chi connectivity index (χ2n) is 4.79. The minimum atomic E-state index is -3.88. The minimum absolute atomic E-state index is 0.0183. The Morgan fingerprint density at radius 3 is 2.46 bits per heavy atom. The molecule has 1 aromatic heterocycles. The Morgan fingerprint density at radius 2 is 1.75 bits per heavy atom. The first kappa shape index (κ1) is 16.8. The van der Waals surface area contributed by atoms with Crippen molar-refractivity contribution in [3.05, 3.63) is 64.3 Å². The summed E-state index contributed by atoms with van der Waals surface area (Å²) in [7, 11) is -3.88. The molecule has 124 valence electrons. The van der Waals surface area contributed by atoms with E-state index in [2.05, 4.69) is 5.43 Å². The molecule has 3 rings (SSSR count). The Labute approximate surface area is 147 Å². The van der Waals surface area contributed by atoms with Gasteiger partial charge in [0.1, 0.15) is 0 Å². The molecule has 0 saturated carbocycles. The molecular formula is C15H10Cl2N2O4S. The van der Waals surface area contributed by atoms with Crippen LogP contribution in [0.3, 0.4) is 0 Å². The van der Waals surface area contributed by atoms with Crippen molar-refractivity contribution >= 4 is 50.1 Å². The average molecular weight is 385 g/mol. The van der Waals surface area contributed by atoms with Gasteiger partial charge < -0.3 is 4.42 Å². The highest BCUT2D eigenvalue weighted by atomic mass is 35.5. The summed E-state index contributed by atoms with van der Waals surface area (Å²) in [6.45, 7) is 0. The Kier molecular flexibility index (Phi) is 4.51. The molecule has 0 fully saturated rings. The van der Waals surface area contributed by atoms with Crippen molar-refractivity contribution in [2.75, 3.05) is 0 Å². The number of halogens is 2. The van der Waals surface area contributed by atoms with Crippen molar-refractivity contribution in [2.45, 2.75) is 4.90 Å². The quantitative estimate of drug-likeness (QED) is 0.674. The van der Waals surface area contributed by atoms with Gasteiger partial charge in [-0.25, -0.2) is 8.42 Å². The molecule has 0 bridgehead atoms. The van der Waals surface area contributed by atoms with Crippen LogP contribution in [0.4, 0.5) is 0 Å². The van der Waals surface area contributed by atoms with Gasteiger partial charge in [-0.2, -0.15) is 0 Å². The first-order valence-electron chi connectivity index (χ1n) is 6.62. The van der Waals surface area contributed by atoms with E-state index in [1.807, 2.05) is 4.83 Å². The number of carbonyl (C=O) groups excluding carboxylic acids is 1. The van der Waals surface area contributed by atoms with E-state index in [-0.39, 0.29) is 21.3 Å². The Hall–Kier alpha value is -2.06. The van der Waals surface area contributed by atoms with Crippen LogP contribution in [0.1, 0.15) is 10.6 Å². The first-order valence-corrected chi connectivity index (χ1v) is 8.86. The van der Waals surface area contributed by atoms with Crippen molar-refractivity contribution in [1.29, 1.82) is 0 Å². The van der Waals surface area contributed by atoms with Crippen molar-refractivity contribution in [1.82, 2.24) is 10.3 Å². The molecule has 1 heterocycles. The van der Waals surface area contributed by atoms with Crippen LogP contribution in [0.25, 0.3) is 11.0 Å². The van der Waals surface area contributed by atoms with Crippen LogP contribution in [0.2, 0.25) is 10.0 Å². The predicted octanol–water partition coefficient (Wildman–Crippen LogP) is 3.36. The molecule has 3 aromatic rings. The normalized spacial score (nSPS) is 11.6. The maximum Gasteiger partial charge on any atom is 0.301 e. The van der Waals surface area contributed by atoms with E-state index in [0.29, 0.717) is 10.4 Å². The molecule has 0 aliphatic rings. The van der Waals surface area contributed by atoms with Crippen LogP contribution in [-0.2, 0) is 10.0 Å². The van der Waals surface area contributed by atoms with Gasteiger partial charge in [-0.3, -0.25) is 10.2 Å². The lowest BCUT2D eigenvalue weighted by Gasteiger charge is -2.06. The molecule has 0 radical (unpaired) electrons. The lowest BCUT2D eigenvalue weighted by molar-refractivity contribution is 0.0919. The number of hydrogen-bond donors (Lipinski definition) is 2. The second-order valence-corrected chi connectivity index (χ2v) is 7.32.